The highest BCUT2D eigenvalue weighted by Crippen LogP contribution is 1.95. The summed E-state index contributed by atoms with van der Waals surface area (Å²) >= 11 is 0. The maximum Gasteiger partial charge on any atom is 0.213 e. The molecule has 0 aromatic heterocycles. The number of oxime groups is 1. The van der Waals surface area contributed by atoms with Crippen molar-refractivity contribution >= 4 is 15.9 Å². The van der Waals surface area contributed by atoms with Crippen molar-refractivity contribution in [2.45, 2.75) is 26.9 Å². The van der Waals surface area contributed by atoms with Gasteiger partial charge in [0.15, 0.2) is 0 Å². The molecule has 0 aromatic carbocycles. The van der Waals surface area contributed by atoms with Crippen LogP contribution in [-0.2, 0) is 14.8 Å². The largest absolute Gasteiger partial charge is 0.409 e. The molecule has 1 unspecified atom stereocenters. The SMILES string of the molecule is CC(C)OCCS(=O)(=O)NCC(C)C(N)=NO. The molecular formula is C9H21N3O4S. The summed E-state index contributed by atoms with van der Waals surface area (Å²) in [6.07, 6.45) is 0.00119. The Hall–Kier alpha value is -0.860. The number of ether oxygens (including phenoxy) is 1. The summed E-state index contributed by atoms with van der Waals surface area (Å²) in [4.78, 5) is 0. The third kappa shape index (κ3) is 7.94. The van der Waals surface area contributed by atoms with Gasteiger partial charge in [-0.05, 0) is 13.8 Å². The van der Waals surface area contributed by atoms with Crippen LogP contribution >= 0.6 is 0 Å². The monoisotopic (exact) mass is 267 g/mol. The van der Waals surface area contributed by atoms with Crippen molar-refractivity contribution in [1.82, 2.24) is 4.72 Å². The van der Waals surface area contributed by atoms with Crippen molar-refractivity contribution in [3.63, 3.8) is 0 Å². The Bertz CT molecular complexity index is 340. The standard InChI is InChI=1S/C9H21N3O4S/c1-7(2)16-4-5-17(14,15)11-6-8(3)9(10)12-13/h7-8,11,13H,4-6H2,1-3H3,(H2,10,12). The number of nitrogens with one attached hydrogen (secondary N) is 1. The van der Waals surface area contributed by atoms with E-state index in [1.165, 1.54) is 0 Å². The molecule has 0 fully saturated rings. The minimum atomic E-state index is -3.38. The van der Waals surface area contributed by atoms with Gasteiger partial charge >= 0.3 is 0 Å². The number of sulfonamides is 1. The molecule has 0 bridgehead atoms. The van der Waals surface area contributed by atoms with Gasteiger partial charge in [-0.1, -0.05) is 12.1 Å². The molecule has 102 valence electrons. The first-order chi connectivity index (χ1) is 7.78. The summed E-state index contributed by atoms with van der Waals surface area (Å²) < 4.78 is 30.5. The first-order valence-corrected chi connectivity index (χ1v) is 7.00. The van der Waals surface area contributed by atoms with Crippen molar-refractivity contribution in [1.29, 1.82) is 0 Å². The molecule has 0 aliphatic rings. The molecule has 0 saturated carbocycles. The summed E-state index contributed by atoms with van der Waals surface area (Å²) in [5.74, 6) is -0.472. The van der Waals surface area contributed by atoms with Gasteiger partial charge in [0.2, 0.25) is 10.0 Å². The van der Waals surface area contributed by atoms with Crippen LogP contribution < -0.4 is 10.5 Å². The first-order valence-electron chi connectivity index (χ1n) is 5.35. The summed E-state index contributed by atoms with van der Waals surface area (Å²) in [6, 6.07) is 0. The van der Waals surface area contributed by atoms with Gasteiger partial charge in [-0.25, -0.2) is 13.1 Å². The number of amidine groups is 1. The molecule has 0 radical (unpaired) electrons. The second kappa shape index (κ2) is 7.46. The molecule has 7 nitrogen and oxygen atoms in total. The highest BCUT2D eigenvalue weighted by Gasteiger charge is 2.14. The first kappa shape index (κ1) is 16.1. The van der Waals surface area contributed by atoms with Crippen LogP contribution in [0.25, 0.3) is 0 Å². The van der Waals surface area contributed by atoms with Gasteiger partial charge in [-0.3, -0.25) is 0 Å². The Labute approximate surface area is 102 Å². The van der Waals surface area contributed by atoms with Crippen molar-refractivity contribution in [2.24, 2.45) is 16.8 Å². The normalized spacial score (nSPS) is 15.2. The molecule has 0 saturated heterocycles. The van der Waals surface area contributed by atoms with Gasteiger partial charge in [0.25, 0.3) is 0 Å². The fraction of sp³-hybridized carbons (Fsp3) is 0.889. The van der Waals surface area contributed by atoms with Crippen LogP contribution in [0, 0.1) is 5.92 Å². The Morgan fingerprint density at radius 2 is 2.06 bits per heavy atom. The van der Waals surface area contributed by atoms with Crippen LogP contribution in [0.3, 0.4) is 0 Å². The number of nitrogens with zero attached hydrogens (tertiary/aromatic N) is 1. The van der Waals surface area contributed by atoms with Gasteiger partial charge in [0.1, 0.15) is 5.84 Å². The van der Waals surface area contributed by atoms with Gasteiger partial charge in [0, 0.05) is 12.5 Å². The lowest BCUT2D eigenvalue weighted by Crippen LogP contribution is -2.36. The van der Waals surface area contributed by atoms with E-state index in [4.69, 9.17) is 15.7 Å². The molecule has 0 rings (SSSR count). The quantitative estimate of drug-likeness (QED) is 0.242. The summed E-state index contributed by atoms with van der Waals surface area (Å²) in [5.41, 5.74) is 5.33. The predicted octanol–water partition coefficient (Wildman–Crippen LogP) is -0.287. The van der Waals surface area contributed by atoms with Gasteiger partial charge in [-0.2, -0.15) is 0 Å². The Kier molecular flexibility index (Phi) is 7.09. The van der Waals surface area contributed by atoms with Gasteiger partial charge in [-0.15, -0.1) is 0 Å². The Balaban J connectivity index is 4.02. The lowest BCUT2D eigenvalue weighted by Gasteiger charge is -2.12. The minimum Gasteiger partial charge on any atom is -0.409 e. The van der Waals surface area contributed by atoms with E-state index >= 15 is 0 Å². The van der Waals surface area contributed by atoms with Crippen molar-refractivity contribution in [3.8, 4) is 0 Å². The Morgan fingerprint density at radius 1 is 1.47 bits per heavy atom. The zero-order valence-corrected chi connectivity index (χ0v) is 11.2. The average Bonchev–Trinajstić information content (AvgIpc) is 2.24. The number of hydrogen-bond donors (Lipinski definition) is 3. The van der Waals surface area contributed by atoms with E-state index < -0.39 is 10.0 Å². The van der Waals surface area contributed by atoms with Crippen LogP contribution in [0.4, 0.5) is 0 Å². The second-order valence-corrected chi connectivity index (χ2v) is 5.94. The maximum atomic E-state index is 11.5. The molecule has 0 heterocycles. The molecule has 4 N–H and O–H groups in total. The highest BCUT2D eigenvalue weighted by atomic mass is 32.2. The molecule has 1 atom stereocenters. The summed E-state index contributed by atoms with van der Waals surface area (Å²) in [5, 5.41) is 11.2. The van der Waals surface area contributed by atoms with Crippen LogP contribution in [-0.4, -0.2) is 44.5 Å². The lowest BCUT2D eigenvalue weighted by molar-refractivity contribution is 0.0911. The van der Waals surface area contributed by atoms with Gasteiger partial charge < -0.3 is 15.7 Å². The second-order valence-electron chi connectivity index (χ2n) is 4.01. The number of nitrogens with two attached hydrogens (primary N) is 1. The summed E-state index contributed by atoms with van der Waals surface area (Å²) in [6.45, 7) is 5.56. The fourth-order valence-corrected chi connectivity index (χ4v) is 1.88. The summed E-state index contributed by atoms with van der Waals surface area (Å²) in [7, 11) is -3.38. The van der Waals surface area contributed by atoms with E-state index in [2.05, 4.69) is 9.88 Å². The van der Waals surface area contributed by atoms with E-state index in [0.29, 0.717) is 0 Å². The molecule has 8 heteroatoms. The third-order valence-electron chi connectivity index (χ3n) is 2.03. The van der Waals surface area contributed by atoms with E-state index in [0.717, 1.165) is 0 Å². The van der Waals surface area contributed by atoms with E-state index in [-0.39, 0.29) is 36.8 Å². The van der Waals surface area contributed by atoms with Crippen LogP contribution in [0.2, 0.25) is 0 Å². The topological polar surface area (TPSA) is 114 Å². The highest BCUT2D eigenvalue weighted by molar-refractivity contribution is 7.89. The van der Waals surface area contributed by atoms with E-state index in [1.807, 2.05) is 13.8 Å². The molecule has 0 aliphatic carbocycles. The predicted molar refractivity (Wildman–Crippen MR) is 65.5 cm³/mol. The van der Waals surface area contributed by atoms with Crippen LogP contribution in [0.5, 0.6) is 0 Å². The van der Waals surface area contributed by atoms with Crippen LogP contribution in [0.15, 0.2) is 5.16 Å². The van der Waals surface area contributed by atoms with E-state index in [9.17, 15) is 8.42 Å². The third-order valence-corrected chi connectivity index (χ3v) is 3.34. The van der Waals surface area contributed by atoms with Crippen molar-refractivity contribution in [2.75, 3.05) is 18.9 Å². The number of rotatable bonds is 8. The maximum absolute atomic E-state index is 11.5. The van der Waals surface area contributed by atoms with E-state index in [1.54, 1.807) is 6.92 Å². The van der Waals surface area contributed by atoms with Crippen molar-refractivity contribution < 1.29 is 18.4 Å². The molecule has 0 amide bonds. The number of hydrogen-bond acceptors (Lipinski definition) is 5. The lowest BCUT2D eigenvalue weighted by atomic mass is 10.2. The zero-order chi connectivity index (χ0) is 13.5. The molecule has 0 aromatic rings. The smallest absolute Gasteiger partial charge is 0.213 e. The average molecular weight is 267 g/mol. The molecule has 0 aliphatic heterocycles. The zero-order valence-electron chi connectivity index (χ0n) is 10.4. The Morgan fingerprint density at radius 3 is 2.53 bits per heavy atom. The van der Waals surface area contributed by atoms with Crippen LogP contribution in [0.1, 0.15) is 20.8 Å². The van der Waals surface area contributed by atoms with Crippen molar-refractivity contribution in [3.05, 3.63) is 0 Å². The molecule has 0 spiro atoms. The minimum absolute atomic E-state index is 0.00119. The molecular weight excluding hydrogens is 246 g/mol. The molecule has 17 heavy (non-hydrogen) atoms. The van der Waals surface area contributed by atoms with Gasteiger partial charge in [0.05, 0.1) is 18.5 Å². The fourth-order valence-electron chi connectivity index (χ4n) is 0.921.